The van der Waals surface area contributed by atoms with Crippen LogP contribution in [0.1, 0.15) is 38.7 Å². The van der Waals surface area contributed by atoms with Crippen molar-refractivity contribution in [1.29, 1.82) is 0 Å². The molecule has 0 unspecified atom stereocenters. The van der Waals surface area contributed by atoms with Crippen LogP contribution in [0.3, 0.4) is 0 Å². The van der Waals surface area contributed by atoms with Crippen LogP contribution in [0.25, 0.3) is 6.08 Å². The zero-order valence-electron chi connectivity index (χ0n) is 15.0. The van der Waals surface area contributed by atoms with E-state index in [2.05, 4.69) is 0 Å². The van der Waals surface area contributed by atoms with Crippen molar-refractivity contribution < 1.29 is 23.9 Å². The normalized spacial score (nSPS) is 15.6. The second-order valence-electron chi connectivity index (χ2n) is 5.76. The molecule has 2 amide bonds. The number of carbonyl (C=O) groups is 3. The van der Waals surface area contributed by atoms with E-state index in [1.165, 1.54) is 0 Å². The van der Waals surface area contributed by atoms with Crippen molar-refractivity contribution in [2.24, 2.45) is 0 Å². The van der Waals surface area contributed by atoms with E-state index in [4.69, 9.17) is 9.47 Å². The van der Waals surface area contributed by atoms with E-state index in [1.807, 2.05) is 38.1 Å². The largest absolute Gasteiger partial charge is 0.494 e. The lowest BCUT2D eigenvalue weighted by molar-refractivity contribution is -0.146. The van der Waals surface area contributed by atoms with Crippen molar-refractivity contribution in [1.82, 2.24) is 4.90 Å². The van der Waals surface area contributed by atoms with Crippen LogP contribution in [0.4, 0.5) is 4.79 Å². The topological polar surface area (TPSA) is 72.9 Å². The molecule has 0 N–H and O–H groups in total. The number of hydrogen-bond acceptors (Lipinski definition) is 6. The van der Waals surface area contributed by atoms with Gasteiger partial charge in [0.25, 0.3) is 11.1 Å². The highest BCUT2D eigenvalue weighted by Crippen LogP contribution is 2.32. The minimum atomic E-state index is -0.570. The van der Waals surface area contributed by atoms with Crippen molar-refractivity contribution in [3.05, 3.63) is 34.7 Å². The molecule has 1 saturated heterocycles. The standard InChI is InChI=1S/C19H23NO5S/c1-3-5-11-25-17(21)13-20-18(22)16(26-19(20)23)12-14-6-8-15(9-7-14)24-10-4-2/h6-9,12H,3-5,10-11,13H2,1-2H3/b16-12-. The minimum Gasteiger partial charge on any atom is -0.494 e. The average Bonchev–Trinajstić information content (AvgIpc) is 2.89. The maximum absolute atomic E-state index is 12.4. The predicted molar refractivity (Wildman–Crippen MR) is 101 cm³/mol. The number of carbonyl (C=O) groups excluding carboxylic acids is 3. The molecule has 0 aliphatic carbocycles. The molecule has 26 heavy (non-hydrogen) atoms. The lowest BCUT2D eigenvalue weighted by Gasteiger charge is -2.11. The Hall–Kier alpha value is -2.28. The number of amides is 2. The summed E-state index contributed by atoms with van der Waals surface area (Å²) in [6, 6.07) is 7.27. The summed E-state index contributed by atoms with van der Waals surface area (Å²) < 4.78 is 10.5. The molecule has 0 saturated carbocycles. The van der Waals surface area contributed by atoms with E-state index < -0.39 is 17.1 Å². The van der Waals surface area contributed by atoms with Gasteiger partial charge in [-0.2, -0.15) is 0 Å². The van der Waals surface area contributed by atoms with Crippen LogP contribution in [0, 0.1) is 0 Å². The number of hydrogen-bond donors (Lipinski definition) is 0. The number of esters is 1. The second kappa shape index (κ2) is 10.0. The first-order chi connectivity index (χ1) is 12.5. The first-order valence-corrected chi connectivity index (χ1v) is 9.50. The molecule has 7 heteroatoms. The van der Waals surface area contributed by atoms with Crippen LogP contribution in [0.5, 0.6) is 5.75 Å². The Bertz CT molecular complexity index is 684. The van der Waals surface area contributed by atoms with Gasteiger partial charge < -0.3 is 9.47 Å². The highest BCUT2D eigenvalue weighted by molar-refractivity contribution is 8.18. The van der Waals surface area contributed by atoms with Crippen LogP contribution in [-0.2, 0) is 14.3 Å². The first-order valence-electron chi connectivity index (χ1n) is 8.69. The van der Waals surface area contributed by atoms with Gasteiger partial charge in [-0.1, -0.05) is 32.4 Å². The van der Waals surface area contributed by atoms with Gasteiger partial charge in [0, 0.05) is 0 Å². The predicted octanol–water partition coefficient (Wildman–Crippen LogP) is 3.86. The summed E-state index contributed by atoms with van der Waals surface area (Å²) in [6.45, 7) is 4.61. The molecular weight excluding hydrogens is 354 g/mol. The minimum absolute atomic E-state index is 0.290. The van der Waals surface area contributed by atoms with Gasteiger partial charge in [-0.25, -0.2) is 0 Å². The van der Waals surface area contributed by atoms with Gasteiger partial charge in [-0.05, 0) is 48.4 Å². The van der Waals surface area contributed by atoms with Crippen LogP contribution < -0.4 is 4.74 Å². The van der Waals surface area contributed by atoms with E-state index in [0.717, 1.165) is 47.2 Å². The Kier molecular flexibility index (Phi) is 7.72. The van der Waals surface area contributed by atoms with Gasteiger partial charge in [0.2, 0.25) is 0 Å². The number of unbranched alkanes of at least 4 members (excludes halogenated alkanes) is 1. The van der Waals surface area contributed by atoms with Crippen molar-refractivity contribution in [2.75, 3.05) is 19.8 Å². The van der Waals surface area contributed by atoms with E-state index >= 15 is 0 Å². The van der Waals surface area contributed by atoms with Gasteiger partial charge in [-0.3, -0.25) is 19.3 Å². The van der Waals surface area contributed by atoms with Gasteiger partial charge >= 0.3 is 5.97 Å². The van der Waals surface area contributed by atoms with E-state index in [0.29, 0.717) is 18.1 Å². The van der Waals surface area contributed by atoms with Crippen molar-refractivity contribution in [2.45, 2.75) is 33.1 Å². The zero-order valence-corrected chi connectivity index (χ0v) is 15.8. The number of nitrogens with zero attached hydrogens (tertiary/aromatic N) is 1. The fourth-order valence-corrected chi connectivity index (χ4v) is 3.01. The van der Waals surface area contributed by atoms with Gasteiger partial charge in [-0.15, -0.1) is 0 Å². The highest BCUT2D eigenvalue weighted by atomic mass is 32.2. The zero-order chi connectivity index (χ0) is 18.9. The van der Waals surface area contributed by atoms with Gasteiger partial charge in [0.05, 0.1) is 18.1 Å². The number of thioether (sulfide) groups is 1. The van der Waals surface area contributed by atoms with Crippen LogP contribution in [0.15, 0.2) is 29.2 Å². The molecule has 0 aromatic heterocycles. The van der Waals surface area contributed by atoms with Crippen molar-refractivity contribution in [3.63, 3.8) is 0 Å². The van der Waals surface area contributed by atoms with Gasteiger partial charge in [0.1, 0.15) is 12.3 Å². The summed E-state index contributed by atoms with van der Waals surface area (Å²) in [4.78, 5) is 37.4. The maximum Gasteiger partial charge on any atom is 0.326 e. The molecule has 140 valence electrons. The third-order valence-electron chi connectivity index (χ3n) is 3.57. The molecule has 1 aromatic rings. The third-order valence-corrected chi connectivity index (χ3v) is 4.48. The molecule has 0 bridgehead atoms. The summed E-state index contributed by atoms with van der Waals surface area (Å²) in [5.74, 6) is -0.287. The highest BCUT2D eigenvalue weighted by Gasteiger charge is 2.36. The number of imide groups is 1. The Morgan fingerprint density at radius 3 is 2.50 bits per heavy atom. The van der Waals surface area contributed by atoms with Gasteiger partial charge in [0.15, 0.2) is 0 Å². The molecule has 2 rings (SSSR count). The van der Waals surface area contributed by atoms with Crippen LogP contribution in [0.2, 0.25) is 0 Å². The first kappa shape index (κ1) is 20.0. The lowest BCUT2D eigenvalue weighted by Crippen LogP contribution is -2.34. The third kappa shape index (κ3) is 5.62. The summed E-state index contributed by atoms with van der Waals surface area (Å²) >= 11 is 0.825. The molecule has 0 spiro atoms. The second-order valence-corrected chi connectivity index (χ2v) is 6.75. The molecule has 0 atom stereocenters. The fourth-order valence-electron chi connectivity index (χ4n) is 2.17. The summed E-state index contributed by atoms with van der Waals surface area (Å²) in [6.07, 6.45) is 4.22. The summed E-state index contributed by atoms with van der Waals surface area (Å²) in [7, 11) is 0. The number of rotatable bonds is 9. The fraction of sp³-hybridized carbons (Fsp3) is 0.421. The summed E-state index contributed by atoms with van der Waals surface area (Å²) in [5.41, 5.74) is 0.782. The molecule has 1 aliphatic rings. The van der Waals surface area contributed by atoms with E-state index in [-0.39, 0.29) is 6.54 Å². The molecule has 0 radical (unpaired) electrons. The SMILES string of the molecule is CCCCOC(=O)CN1C(=O)S/C(=C\c2ccc(OCCC)cc2)C1=O. The molecule has 1 aliphatic heterocycles. The number of ether oxygens (including phenoxy) is 2. The molecule has 6 nitrogen and oxygen atoms in total. The van der Waals surface area contributed by atoms with Crippen molar-refractivity contribution >= 4 is 35.0 Å². The molecule has 1 fully saturated rings. The molecule has 1 heterocycles. The number of benzene rings is 1. The van der Waals surface area contributed by atoms with E-state index in [9.17, 15) is 14.4 Å². The Morgan fingerprint density at radius 1 is 1.12 bits per heavy atom. The monoisotopic (exact) mass is 377 g/mol. The lowest BCUT2D eigenvalue weighted by atomic mass is 10.2. The van der Waals surface area contributed by atoms with E-state index in [1.54, 1.807) is 6.08 Å². The quantitative estimate of drug-likeness (QED) is 0.370. The smallest absolute Gasteiger partial charge is 0.326 e. The van der Waals surface area contributed by atoms with Crippen LogP contribution in [-0.4, -0.2) is 41.8 Å². The Labute approximate surface area is 157 Å². The molecular formula is C19H23NO5S. The molecule has 1 aromatic carbocycles. The average molecular weight is 377 g/mol. The maximum atomic E-state index is 12.4. The van der Waals surface area contributed by atoms with Crippen LogP contribution >= 0.6 is 11.8 Å². The van der Waals surface area contributed by atoms with Crippen molar-refractivity contribution in [3.8, 4) is 5.75 Å². The summed E-state index contributed by atoms with van der Waals surface area (Å²) in [5, 5.41) is -0.461. The Morgan fingerprint density at radius 2 is 1.85 bits per heavy atom. The Balaban J connectivity index is 1.98.